The number of rotatable bonds is 4. The zero-order valence-corrected chi connectivity index (χ0v) is 15.6. The molecule has 156 valence electrons. The second-order valence-electron chi connectivity index (χ2n) is 7.13. The fraction of sp³-hybridized carbons (Fsp3) is 0.474. The van der Waals surface area contributed by atoms with E-state index in [0.29, 0.717) is 39.0 Å². The molecule has 0 amide bonds. The number of aliphatic hydroxyl groups is 1. The predicted molar refractivity (Wildman–Crippen MR) is 99.7 cm³/mol. The van der Waals surface area contributed by atoms with Crippen molar-refractivity contribution in [3.63, 3.8) is 0 Å². The third-order valence-electron chi connectivity index (χ3n) is 5.09. The molecule has 1 aromatic heterocycles. The summed E-state index contributed by atoms with van der Waals surface area (Å²) in [5.74, 6) is -0.245. The quantitative estimate of drug-likeness (QED) is 0.804. The van der Waals surface area contributed by atoms with Crippen molar-refractivity contribution in [2.24, 2.45) is 0 Å². The Kier molecular flexibility index (Phi) is 5.57. The highest BCUT2D eigenvalue weighted by Gasteiger charge is 2.40. The number of nitrogens with zero attached hydrogens (tertiary/aromatic N) is 4. The lowest BCUT2D eigenvalue weighted by atomic mass is 10.0. The Balaban J connectivity index is 1.64. The summed E-state index contributed by atoms with van der Waals surface area (Å²) < 4.78 is 40.9. The van der Waals surface area contributed by atoms with Crippen LogP contribution in [0.5, 0.6) is 0 Å². The first-order valence-electron chi connectivity index (χ1n) is 9.53. The first kappa shape index (κ1) is 19.9. The van der Waals surface area contributed by atoms with Crippen LogP contribution in [0.4, 0.5) is 24.9 Å². The van der Waals surface area contributed by atoms with Crippen LogP contribution < -0.4 is 10.5 Å². The molecule has 0 aliphatic carbocycles. The number of anilines is 2. The molecule has 0 spiro atoms. The number of aliphatic hydroxyl groups excluding tert-OH is 1. The number of hydrogen-bond donors (Lipinski definition) is 2. The number of hydrogen-bond acceptors (Lipinski definition) is 7. The van der Waals surface area contributed by atoms with Crippen molar-refractivity contribution in [1.82, 2.24) is 15.0 Å². The van der Waals surface area contributed by atoms with Gasteiger partial charge in [0.25, 0.3) is 0 Å². The molecule has 29 heavy (non-hydrogen) atoms. The molecule has 7 nitrogen and oxygen atoms in total. The van der Waals surface area contributed by atoms with Crippen molar-refractivity contribution in [2.45, 2.75) is 37.6 Å². The fourth-order valence-corrected chi connectivity index (χ4v) is 3.57. The predicted octanol–water partition coefficient (Wildman–Crippen LogP) is 3.16. The Hall–Kier alpha value is -2.43. The van der Waals surface area contributed by atoms with Gasteiger partial charge in [0.15, 0.2) is 5.82 Å². The topological polar surface area (TPSA) is 73.8 Å². The summed E-state index contributed by atoms with van der Waals surface area (Å²) in [5, 5.41) is 12.6. The Labute approximate surface area is 166 Å². The first-order valence-corrected chi connectivity index (χ1v) is 9.53. The SMILES string of the molecule is OC1CCN(Nc2ncc(C(F)(F)F)c(N3OCC[C@H]3c3ccccc3)n2)CC1. The highest BCUT2D eigenvalue weighted by molar-refractivity contribution is 5.51. The van der Waals surface area contributed by atoms with Crippen LogP contribution in [0.3, 0.4) is 0 Å². The number of aromatic nitrogens is 2. The van der Waals surface area contributed by atoms with Crippen LogP contribution in [0, 0.1) is 0 Å². The Morgan fingerprint density at radius 3 is 2.52 bits per heavy atom. The largest absolute Gasteiger partial charge is 0.421 e. The summed E-state index contributed by atoms with van der Waals surface area (Å²) in [6.45, 7) is 1.40. The van der Waals surface area contributed by atoms with E-state index in [1.54, 1.807) is 5.01 Å². The molecule has 10 heteroatoms. The number of piperidine rings is 1. The van der Waals surface area contributed by atoms with Crippen molar-refractivity contribution in [3.05, 3.63) is 47.7 Å². The van der Waals surface area contributed by atoms with Gasteiger partial charge in [-0.15, -0.1) is 0 Å². The molecule has 0 radical (unpaired) electrons. The van der Waals surface area contributed by atoms with Crippen molar-refractivity contribution in [1.29, 1.82) is 0 Å². The van der Waals surface area contributed by atoms with Crippen molar-refractivity contribution >= 4 is 11.8 Å². The number of halogens is 3. The van der Waals surface area contributed by atoms with E-state index in [0.717, 1.165) is 11.8 Å². The standard InChI is InChI=1S/C19H22F3N5O2/c20-19(21,22)15-12-23-18(25-26-9-6-14(28)7-10-26)24-17(15)27-16(8-11-29-27)13-4-2-1-3-5-13/h1-5,12,14,16,28H,6-11H2,(H,23,24,25)/t16-/m0/s1. The lowest BCUT2D eigenvalue weighted by molar-refractivity contribution is -0.138. The van der Waals surface area contributed by atoms with E-state index < -0.39 is 11.7 Å². The van der Waals surface area contributed by atoms with Gasteiger partial charge in [0.1, 0.15) is 5.56 Å². The minimum atomic E-state index is -4.61. The molecule has 4 rings (SSSR count). The van der Waals surface area contributed by atoms with Crippen molar-refractivity contribution < 1.29 is 23.1 Å². The zero-order chi connectivity index (χ0) is 20.4. The van der Waals surface area contributed by atoms with Crippen molar-refractivity contribution in [3.8, 4) is 0 Å². The number of hydroxylamine groups is 1. The van der Waals surface area contributed by atoms with Crippen LogP contribution in [0.1, 0.15) is 36.4 Å². The lowest BCUT2D eigenvalue weighted by Crippen LogP contribution is -2.40. The van der Waals surface area contributed by atoms with Gasteiger partial charge in [-0.05, 0) is 18.4 Å². The second kappa shape index (κ2) is 8.13. The first-order chi connectivity index (χ1) is 13.9. The van der Waals surface area contributed by atoms with E-state index in [2.05, 4.69) is 15.4 Å². The number of alkyl halides is 3. The molecule has 2 aliphatic rings. The number of hydrazine groups is 1. The van der Waals surface area contributed by atoms with Crippen LogP contribution in [-0.4, -0.2) is 45.9 Å². The van der Waals surface area contributed by atoms with E-state index in [4.69, 9.17) is 4.84 Å². The second-order valence-corrected chi connectivity index (χ2v) is 7.13. The van der Waals surface area contributed by atoms with Crippen LogP contribution >= 0.6 is 0 Å². The average Bonchev–Trinajstić information content (AvgIpc) is 3.19. The third-order valence-corrected chi connectivity index (χ3v) is 5.09. The van der Waals surface area contributed by atoms with Gasteiger partial charge in [-0.25, -0.2) is 15.1 Å². The smallest absolute Gasteiger partial charge is 0.393 e. The molecular formula is C19H22F3N5O2. The van der Waals surface area contributed by atoms with Gasteiger partial charge in [-0.3, -0.25) is 10.3 Å². The minimum absolute atomic E-state index is 0.0618. The molecule has 2 saturated heterocycles. The van der Waals surface area contributed by atoms with E-state index in [1.807, 2.05) is 30.3 Å². The molecule has 1 aromatic carbocycles. The highest BCUT2D eigenvalue weighted by Crippen LogP contribution is 2.41. The summed E-state index contributed by atoms with van der Waals surface area (Å²) in [6, 6.07) is 8.89. The molecule has 1 atom stereocenters. The zero-order valence-electron chi connectivity index (χ0n) is 15.6. The van der Waals surface area contributed by atoms with E-state index in [-0.39, 0.29) is 23.9 Å². The Bertz CT molecular complexity index is 828. The van der Waals surface area contributed by atoms with Crippen LogP contribution in [-0.2, 0) is 11.0 Å². The highest BCUT2D eigenvalue weighted by atomic mass is 19.4. The molecule has 2 fully saturated rings. The normalized spacial score (nSPS) is 21.5. The van der Waals surface area contributed by atoms with E-state index in [1.165, 1.54) is 5.06 Å². The lowest BCUT2D eigenvalue weighted by Gasteiger charge is -2.30. The van der Waals surface area contributed by atoms with Gasteiger partial charge in [0.05, 0.1) is 18.8 Å². The maximum atomic E-state index is 13.6. The number of nitrogens with one attached hydrogen (secondary N) is 1. The maximum absolute atomic E-state index is 13.6. The average molecular weight is 409 g/mol. The third kappa shape index (κ3) is 4.44. The monoisotopic (exact) mass is 409 g/mol. The number of benzene rings is 1. The van der Waals surface area contributed by atoms with Gasteiger partial charge in [0, 0.05) is 25.7 Å². The fourth-order valence-electron chi connectivity index (χ4n) is 3.57. The van der Waals surface area contributed by atoms with Crippen LogP contribution in [0.15, 0.2) is 36.5 Å². The van der Waals surface area contributed by atoms with Gasteiger partial charge >= 0.3 is 6.18 Å². The Morgan fingerprint density at radius 1 is 1.10 bits per heavy atom. The summed E-state index contributed by atoms with van der Waals surface area (Å²) in [6.07, 6.45) is -2.49. The maximum Gasteiger partial charge on any atom is 0.421 e. The summed E-state index contributed by atoms with van der Waals surface area (Å²) in [4.78, 5) is 13.6. The van der Waals surface area contributed by atoms with Gasteiger partial charge in [-0.1, -0.05) is 30.3 Å². The molecule has 3 heterocycles. The van der Waals surface area contributed by atoms with Gasteiger partial charge in [-0.2, -0.15) is 18.2 Å². The van der Waals surface area contributed by atoms with Crippen molar-refractivity contribution in [2.75, 3.05) is 30.2 Å². The van der Waals surface area contributed by atoms with Gasteiger partial charge in [0.2, 0.25) is 5.95 Å². The molecule has 0 bridgehead atoms. The summed E-state index contributed by atoms with van der Waals surface area (Å²) in [7, 11) is 0. The summed E-state index contributed by atoms with van der Waals surface area (Å²) in [5.41, 5.74) is 2.86. The van der Waals surface area contributed by atoms with E-state index >= 15 is 0 Å². The molecule has 0 saturated carbocycles. The van der Waals surface area contributed by atoms with E-state index in [9.17, 15) is 18.3 Å². The minimum Gasteiger partial charge on any atom is -0.393 e. The molecule has 0 unspecified atom stereocenters. The molecule has 2 N–H and O–H groups in total. The molecule has 2 aliphatic heterocycles. The van der Waals surface area contributed by atoms with Crippen LogP contribution in [0.2, 0.25) is 0 Å². The Morgan fingerprint density at radius 2 is 1.83 bits per heavy atom. The summed E-state index contributed by atoms with van der Waals surface area (Å²) >= 11 is 0. The van der Waals surface area contributed by atoms with Crippen LogP contribution in [0.25, 0.3) is 0 Å². The molecule has 2 aromatic rings. The molecular weight excluding hydrogens is 387 g/mol. The van der Waals surface area contributed by atoms with Gasteiger partial charge < -0.3 is 5.11 Å².